The van der Waals surface area contributed by atoms with Gasteiger partial charge >= 0.3 is 0 Å². The Bertz CT molecular complexity index is 1030. The molecule has 2 heterocycles. The summed E-state index contributed by atoms with van der Waals surface area (Å²) >= 11 is 0. The summed E-state index contributed by atoms with van der Waals surface area (Å²) in [6.07, 6.45) is 1.56. The van der Waals surface area contributed by atoms with Crippen molar-refractivity contribution in [3.8, 4) is 22.5 Å². The van der Waals surface area contributed by atoms with Gasteiger partial charge in [0.2, 0.25) is 0 Å². The monoisotopic (exact) mass is 300 g/mol. The second-order valence-electron chi connectivity index (χ2n) is 5.10. The normalized spacial score (nSPS) is 10.8. The third-order valence-electron chi connectivity index (χ3n) is 3.61. The van der Waals surface area contributed by atoms with Gasteiger partial charge in [-0.05, 0) is 0 Å². The van der Waals surface area contributed by atoms with Crippen molar-refractivity contribution in [1.82, 2.24) is 20.2 Å². The number of aromatic nitrogens is 4. The molecule has 0 aliphatic carbocycles. The van der Waals surface area contributed by atoms with Crippen LogP contribution in [0.5, 0.6) is 0 Å². The second kappa shape index (κ2) is 5.46. The molecule has 4 rings (SSSR count). The molecular formula is C18H12N4O. The number of aromatic amines is 1. The fourth-order valence-corrected chi connectivity index (χ4v) is 2.52. The molecule has 5 heteroatoms. The Balaban J connectivity index is 1.98. The molecule has 0 unspecified atom stereocenters. The van der Waals surface area contributed by atoms with E-state index in [-0.39, 0.29) is 5.56 Å². The molecule has 0 saturated heterocycles. The van der Waals surface area contributed by atoms with E-state index in [0.29, 0.717) is 22.4 Å². The van der Waals surface area contributed by atoms with Crippen molar-refractivity contribution >= 4 is 11.0 Å². The Labute approximate surface area is 131 Å². The van der Waals surface area contributed by atoms with Gasteiger partial charge in [-0.1, -0.05) is 60.7 Å². The lowest BCUT2D eigenvalue weighted by molar-refractivity contribution is 1.04. The van der Waals surface area contributed by atoms with Gasteiger partial charge < -0.3 is 4.98 Å². The fourth-order valence-electron chi connectivity index (χ4n) is 2.52. The van der Waals surface area contributed by atoms with E-state index in [2.05, 4.69) is 20.2 Å². The molecule has 0 spiro atoms. The first-order valence-corrected chi connectivity index (χ1v) is 7.19. The van der Waals surface area contributed by atoms with Crippen molar-refractivity contribution in [2.24, 2.45) is 0 Å². The van der Waals surface area contributed by atoms with Crippen molar-refractivity contribution in [2.45, 2.75) is 0 Å². The number of rotatable bonds is 2. The molecule has 0 amide bonds. The van der Waals surface area contributed by atoms with Crippen LogP contribution in [0.3, 0.4) is 0 Å². The molecule has 0 aliphatic heterocycles. The molecule has 0 bridgehead atoms. The van der Waals surface area contributed by atoms with E-state index in [1.54, 1.807) is 6.20 Å². The molecule has 110 valence electrons. The van der Waals surface area contributed by atoms with Crippen LogP contribution in [-0.2, 0) is 0 Å². The summed E-state index contributed by atoms with van der Waals surface area (Å²) in [6.45, 7) is 0. The fraction of sp³-hybridized carbons (Fsp3) is 0. The SMILES string of the molecule is O=c1[nH]c2c(-c3ccccc3)nncc2nc1-c1ccccc1. The van der Waals surface area contributed by atoms with Gasteiger partial charge in [-0.25, -0.2) is 4.98 Å². The number of nitrogens with zero attached hydrogens (tertiary/aromatic N) is 3. The number of hydrogen-bond acceptors (Lipinski definition) is 4. The van der Waals surface area contributed by atoms with Crippen LogP contribution >= 0.6 is 0 Å². The van der Waals surface area contributed by atoms with Gasteiger partial charge in [-0.2, -0.15) is 5.10 Å². The highest BCUT2D eigenvalue weighted by molar-refractivity contribution is 5.88. The molecule has 2 aromatic heterocycles. The summed E-state index contributed by atoms with van der Waals surface area (Å²) in [5, 5.41) is 8.18. The van der Waals surface area contributed by atoms with E-state index in [4.69, 9.17) is 0 Å². The highest BCUT2D eigenvalue weighted by Gasteiger charge is 2.12. The lowest BCUT2D eigenvalue weighted by atomic mass is 10.1. The van der Waals surface area contributed by atoms with Crippen LogP contribution in [-0.4, -0.2) is 20.2 Å². The summed E-state index contributed by atoms with van der Waals surface area (Å²) in [6, 6.07) is 19.0. The zero-order valence-electron chi connectivity index (χ0n) is 12.1. The van der Waals surface area contributed by atoms with Crippen LogP contribution < -0.4 is 5.56 Å². The maximum Gasteiger partial charge on any atom is 0.275 e. The number of nitrogens with one attached hydrogen (secondary N) is 1. The average molecular weight is 300 g/mol. The van der Waals surface area contributed by atoms with Gasteiger partial charge in [-0.3, -0.25) is 4.79 Å². The second-order valence-corrected chi connectivity index (χ2v) is 5.10. The minimum absolute atomic E-state index is 0.242. The molecule has 0 saturated carbocycles. The van der Waals surface area contributed by atoms with E-state index < -0.39 is 0 Å². The van der Waals surface area contributed by atoms with Gasteiger partial charge in [0.05, 0.1) is 11.7 Å². The highest BCUT2D eigenvalue weighted by Crippen LogP contribution is 2.23. The first-order chi connectivity index (χ1) is 11.3. The molecule has 0 atom stereocenters. The Morgan fingerprint density at radius 3 is 2.04 bits per heavy atom. The first-order valence-electron chi connectivity index (χ1n) is 7.19. The molecule has 0 fully saturated rings. The molecule has 0 radical (unpaired) electrons. The van der Waals surface area contributed by atoms with Crippen molar-refractivity contribution < 1.29 is 0 Å². The highest BCUT2D eigenvalue weighted by atomic mass is 16.1. The third-order valence-corrected chi connectivity index (χ3v) is 3.61. The van der Waals surface area contributed by atoms with Crippen molar-refractivity contribution in [1.29, 1.82) is 0 Å². The van der Waals surface area contributed by atoms with E-state index in [1.165, 1.54) is 0 Å². The molecule has 23 heavy (non-hydrogen) atoms. The van der Waals surface area contributed by atoms with Gasteiger partial charge in [0.15, 0.2) is 0 Å². The van der Waals surface area contributed by atoms with E-state index in [0.717, 1.165) is 11.1 Å². The quantitative estimate of drug-likeness (QED) is 0.617. The number of fused-ring (bicyclic) bond motifs is 1. The number of hydrogen-bond donors (Lipinski definition) is 1. The first kappa shape index (κ1) is 13.3. The topological polar surface area (TPSA) is 71.5 Å². The smallest absolute Gasteiger partial charge is 0.275 e. The molecule has 4 aromatic rings. The predicted octanol–water partition coefficient (Wildman–Crippen LogP) is 3.05. The zero-order valence-corrected chi connectivity index (χ0v) is 12.1. The van der Waals surface area contributed by atoms with Gasteiger partial charge in [0.1, 0.15) is 16.9 Å². The lowest BCUT2D eigenvalue weighted by Crippen LogP contribution is -2.12. The molecular weight excluding hydrogens is 288 g/mol. The maximum absolute atomic E-state index is 12.5. The van der Waals surface area contributed by atoms with Crippen LogP contribution in [0.25, 0.3) is 33.5 Å². The van der Waals surface area contributed by atoms with Crippen molar-refractivity contribution in [2.75, 3.05) is 0 Å². The minimum atomic E-state index is -0.242. The van der Waals surface area contributed by atoms with Crippen molar-refractivity contribution in [3.05, 3.63) is 77.2 Å². The summed E-state index contributed by atoms with van der Waals surface area (Å²) in [5.41, 5.74) is 3.61. The van der Waals surface area contributed by atoms with Crippen molar-refractivity contribution in [3.63, 3.8) is 0 Å². The van der Waals surface area contributed by atoms with Crippen LogP contribution in [0, 0.1) is 0 Å². The Morgan fingerprint density at radius 2 is 1.39 bits per heavy atom. The summed E-state index contributed by atoms with van der Waals surface area (Å²) in [4.78, 5) is 19.8. The third kappa shape index (κ3) is 2.38. The van der Waals surface area contributed by atoms with Crippen LogP contribution in [0.1, 0.15) is 0 Å². The summed E-state index contributed by atoms with van der Waals surface area (Å²) < 4.78 is 0. The Kier molecular flexibility index (Phi) is 3.16. The summed E-state index contributed by atoms with van der Waals surface area (Å²) in [5.74, 6) is 0. The Morgan fingerprint density at radius 1 is 0.783 bits per heavy atom. The van der Waals surface area contributed by atoms with E-state index in [1.807, 2.05) is 60.7 Å². The van der Waals surface area contributed by atoms with Gasteiger partial charge in [-0.15, -0.1) is 5.10 Å². The van der Waals surface area contributed by atoms with E-state index >= 15 is 0 Å². The number of benzene rings is 2. The lowest BCUT2D eigenvalue weighted by Gasteiger charge is -2.06. The molecule has 2 aromatic carbocycles. The maximum atomic E-state index is 12.5. The Hall–Kier alpha value is -3.34. The molecule has 5 nitrogen and oxygen atoms in total. The average Bonchev–Trinajstić information content (AvgIpc) is 2.62. The van der Waals surface area contributed by atoms with Crippen LogP contribution in [0.4, 0.5) is 0 Å². The standard InChI is InChI=1S/C18H12N4O/c23-18-16(13-9-5-2-6-10-13)20-14-11-19-22-15(17(14)21-18)12-7-3-1-4-8-12/h1-11H,(H,21,23). The molecule has 1 N–H and O–H groups in total. The largest absolute Gasteiger partial charge is 0.317 e. The van der Waals surface area contributed by atoms with Crippen LogP contribution in [0.15, 0.2) is 71.7 Å². The summed E-state index contributed by atoms with van der Waals surface area (Å²) in [7, 11) is 0. The van der Waals surface area contributed by atoms with Crippen LogP contribution in [0.2, 0.25) is 0 Å². The van der Waals surface area contributed by atoms with Gasteiger partial charge in [0, 0.05) is 11.1 Å². The minimum Gasteiger partial charge on any atom is -0.317 e. The van der Waals surface area contributed by atoms with E-state index in [9.17, 15) is 4.79 Å². The van der Waals surface area contributed by atoms with Gasteiger partial charge in [0.25, 0.3) is 5.56 Å². The molecule has 0 aliphatic rings. The zero-order chi connectivity index (χ0) is 15.6. The number of H-pyrrole nitrogens is 1. The predicted molar refractivity (Wildman–Crippen MR) is 88.8 cm³/mol.